The Morgan fingerprint density at radius 3 is 2.95 bits per heavy atom. The molecule has 1 heterocycles. The van der Waals surface area contributed by atoms with Gasteiger partial charge in [0.1, 0.15) is 5.82 Å². The Labute approximate surface area is 116 Å². The quantitative estimate of drug-likeness (QED) is 0.876. The van der Waals surface area contributed by atoms with Gasteiger partial charge in [0, 0.05) is 13.3 Å². The van der Waals surface area contributed by atoms with E-state index in [1.165, 1.54) is 30.6 Å². The first-order valence-corrected chi connectivity index (χ1v) is 7.29. The normalized spacial score (nSPS) is 11.5. The van der Waals surface area contributed by atoms with Crippen molar-refractivity contribution < 1.29 is 17.5 Å². The fourth-order valence-electron chi connectivity index (χ4n) is 1.57. The highest BCUT2D eigenvalue weighted by Gasteiger charge is 2.15. The van der Waals surface area contributed by atoms with Crippen LogP contribution in [-0.2, 0) is 21.3 Å². The van der Waals surface area contributed by atoms with Crippen molar-refractivity contribution in [2.75, 3.05) is 18.4 Å². The maximum atomic E-state index is 13.1. The SMILES string of the molecule is COCCn1cc(NS(=O)(=O)c2cccc(F)c2)cn1. The molecule has 1 aromatic carbocycles. The molecule has 108 valence electrons. The molecular weight excluding hydrogens is 285 g/mol. The first-order chi connectivity index (χ1) is 9.51. The molecule has 2 aromatic rings. The molecule has 0 amide bonds. The fourth-order valence-corrected chi connectivity index (χ4v) is 2.63. The number of rotatable bonds is 6. The molecule has 0 unspecified atom stereocenters. The van der Waals surface area contributed by atoms with Crippen LogP contribution in [0.25, 0.3) is 0 Å². The Balaban J connectivity index is 2.14. The van der Waals surface area contributed by atoms with E-state index in [0.717, 1.165) is 6.07 Å². The summed E-state index contributed by atoms with van der Waals surface area (Å²) in [6.07, 6.45) is 2.92. The molecule has 2 rings (SSSR count). The van der Waals surface area contributed by atoms with Gasteiger partial charge in [-0.25, -0.2) is 12.8 Å². The topological polar surface area (TPSA) is 73.2 Å². The van der Waals surface area contributed by atoms with E-state index in [0.29, 0.717) is 18.8 Å². The van der Waals surface area contributed by atoms with E-state index in [9.17, 15) is 12.8 Å². The van der Waals surface area contributed by atoms with Crippen LogP contribution in [0.4, 0.5) is 10.1 Å². The van der Waals surface area contributed by atoms with Crippen LogP contribution in [0.2, 0.25) is 0 Å². The van der Waals surface area contributed by atoms with Crippen LogP contribution in [0.3, 0.4) is 0 Å². The Hall–Kier alpha value is -1.93. The molecule has 0 atom stereocenters. The number of nitrogens with one attached hydrogen (secondary N) is 1. The minimum Gasteiger partial charge on any atom is -0.383 e. The number of ether oxygens (including phenoxy) is 1. The third-order valence-corrected chi connectivity index (χ3v) is 3.90. The molecule has 0 spiro atoms. The van der Waals surface area contributed by atoms with Crippen molar-refractivity contribution in [1.29, 1.82) is 0 Å². The molecule has 0 fully saturated rings. The van der Waals surface area contributed by atoms with Gasteiger partial charge in [-0.05, 0) is 18.2 Å². The Morgan fingerprint density at radius 2 is 2.25 bits per heavy atom. The monoisotopic (exact) mass is 299 g/mol. The number of aromatic nitrogens is 2. The second-order valence-corrected chi connectivity index (χ2v) is 5.73. The molecule has 0 bridgehead atoms. The van der Waals surface area contributed by atoms with Crippen LogP contribution in [-0.4, -0.2) is 31.9 Å². The predicted molar refractivity (Wildman–Crippen MR) is 71.3 cm³/mol. The van der Waals surface area contributed by atoms with Gasteiger partial charge in [-0.2, -0.15) is 5.10 Å². The second-order valence-electron chi connectivity index (χ2n) is 4.05. The molecule has 6 nitrogen and oxygen atoms in total. The largest absolute Gasteiger partial charge is 0.383 e. The van der Waals surface area contributed by atoms with Crippen molar-refractivity contribution in [1.82, 2.24) is 9.78 Å². The number of nitrogens with zero attached hydrogens (tertiary/aromatic N) is 2. The Kier molecular flexibility index (Phi) is 4.35. The highest BCUT2D eigenvalue weighted by molar-refractivity contribution is 7.92. The summed E-state index contributed by atoms with van der Waals surface area (Å²) in [5, 5.41) is 3.98. The summed E-state index contributed by atoms with van der Waals surface area (Å²) < 4.78 is 45.9. The fraction of sp³-hybridized carbons (Fsp3) is 0.250. The average Bonchev–Trinajstić information content (AvgIpc) is 2.83. The van der Waals surface area contributed by atoms with Gasteiger partial charge in [0.15, 0.2) is 0 Å². The number of hydrogen-bond acceptors (Lipinski definition) is 4. The lowest BCUT2D eigenvalue weighted by atomic mass is 10.4. The van der Waals surface area contributed by atoms with Crippen LogP contribution in [0.15, 0.2) is 41.6 Å². The summed E-state index contributed by atoms with van der Waals surface area (Å²) in [6, 6.07) is 4.80. The molecule has 20 heavy (non-hydrogen) atoms. The first-order valence-electron chi connectivity index (χ1n) is 5.81. The molecule has 1 N–H and O–H groups in total. The highest BCUT2D eigenvalue weighted by Crippen LogP contribution is 2.16. The van der Waals surface area contributed by atoms with Crippen molar-refractivity contribution in [2.24, 2.45) is 0 Å². The third kappa shape index (κ3) is 3.55. The number of anilines is 1. The molecule has 0 saturated carbocycles. The third-order valence-electron chi connectivity index (χ3n) is 2.52. The van der Waals surface area contributed by atoms with Crippen LogP contribution < -0.4 is 4.72 Å². The van der Waals surface area contributed by atoms with Crippen molar-refractivity contribution in [3.63, 3.8) is 0 Å². The minimum absolute atomic E-state index is 0.137. The van der Waals surface area contributed by atoms with E-state index in [1.54, 1.807) is 11.8 Å². The zero-order valence-corrected chi connectivity index (χ0v) is 11.6. The molecule has 0 aliphatic carbocycles. The number of methoxy groups -OCH3 is 1. The summed E-state index contributed by atoms with van der Waals surface area (Å²) in [5.74, 6) is -0.608. The lowest BCUT2D eigenvalue weighted by Crippen LogP contribution is -2.12. The predicted octanol–water partition coefficient (Wildman–Crippen LogP) is 1.47. The van der Waals surface area contributed by atoms with Crippen LogP contribution in [0.5, 0.6) is 0 Å². The van der Waals surface area contributed by atoms with Gasteiger partial charge in [0.05, 0.1) is 29.9 Å². The van der Waals surface area contributed by atoms with Gasteiger partial charge in [-0.1, -0.05) is 6.07 Å². The van der Waals surface area contributed by atoms with Crippen molar-refractivity contribution in [3.8, 4) is 0 Å². The molecule has 0 aliphatic rings. The van der Waals surface area contributed by atoms with Gasteiger partial charge < -0.3 is 4.74 Å². The standard InChI is InChI=1S/C12H14FN3O3S/c1-19-6-5-16-9-11(8-14-16)15-20(17,18)12-4-2-3-10(13)7-12/h2-4,7-9,15H,5-6H2,1H3. The van der Waals surface area contributed by atoms with Gasteiger partial charge in [0.25, 0.3) is 10.0 Å². The van der Waals surface area contributed by atoms with Gasteiger partial charge in [-0.3, -0.25) is 9.40 Å². The van der Waals surface area contributed by atoms with E-state index < -0.39 is 15.8 Å². The van der Waals surface area contributed by atoms with E-state index >= 15 is 0 Å². The minimum atomic E-state index is -3.82. The smallest absolute Gasteiger partial charge is 0.262 e. The summed E-state index contributed by atoms with van der Waals surface area (Å²) in [6.45, 7) is 0.982. The molecule has 0 aliphatic heterocycles. The van der Waals surface area contributed by atoms with E-state index in [1.807, 2.05) is 0 Å². The van der Waals surface area contributed by atoms with Crippen LogP contribution in [0.1, 0.15) is 0 Å². The van der Waals surface area contributed by atoms with Gasteiger partial charge >= 0.3 is 0 Å². The first kappa shape index (κ1) is 14.5. The summed E-state index contributed by atoms with van der Waals surface area (Å²) in [4.78, 5) is -0.137. The van der Waals surface area contributed by atoms with Crippen molar-refractivity contribution >= 4 is 15.7 Å². The van der Waals surface area contributed by atoms with Crippen molar-refractivity contribution in [3.05, 3.63) is 42.5 Å². The Morgan fingerprint density at radius 1 is 1.45 bits per heavy atom. The maximum Gasteiger partial charge on any atom is 0.262 e. The lowest BCUT2D eigenvalue weighted by molar-refractivity contribution is 0.183. The van der Waals surface area contributed by atoms with Gasteiger partial charge in [0.2, 0.25) is 0 Å². The van der Waals surface area contributed by atoms with E-state index in [4.69, 9.17) is 4.74 Å². The molecule has 0 radical (unpaired) electrons. The molecule has 8 heteroatoms. The number of halogens is 1. The number of hydrogen-bond donors (Lipinski definition) is 1. The van der Waals surface area contributed by atoms with E-state index in [2.05, 4.69) is 9.82 Å². The molecule has 1 aromatic heterocycles. The zero-order valence-electron chi connectivity index (χ0n) is 10.8. The lowest BCUT2D eigenvalue weighted by Gasteiger charge is -2.05. The number of sulfonamides is 1. The van der Waals surface area contributed by atoms with Crippen LogP contribution >= 0.6 is 0 Å². The highest BCUT2D eigenvalue weighted by atomic mass is 32.2. The zero-order chi connectivity index (χ0) is 14.6. The maximum absolute atomic E-state index is 13.1. The molecular formula is C12H14FN3O3S. The summed E-state index contributed by atoms with van der Waals surface area (Å²) >= 11 is 0. The molecule has 0 saturated heterocycles. The summed E-state index contributed by atoms with van der Waals surface area (Å²) in [7, 11) is -2.25. The van der Waals surface area contributed by atoms with Crippen LogP contribution in [0, 0.1) is 5.82 Å². The van der Waals surface area contributed by atoms with E-state index in [-0.39, 0.29) is 4.90 Å². The van der Waals surface area contributed by atoms with Gasteiger partial charge in [-0.15, -0.1) is 0 Å². The second kappa shape index (κ2) is 6.02. The Bertz CT molecular complexity index is 685. The average molecular weight is 299 g/mol. The summed E-state index contributed by atoms with van der Waals surface area (Å²) in [5.41, 5.74) is 0.311. The number of benzene rings is 1. The van der Waals surface area contributed by atoms with Crippen molar-refractivity contribution in [2.45, 2.75) is 11.4 Å².